The SMILES string of the molecule is C[CH]=[Ru]([Cl])[Cl].[CH-]=CC.[CH3-].[CH3-]. The van der Waals surface area contributed by atoms with Crippen molar-refractivity contribution in [3.05, 3.63) is 27.5 Å². The number of hydrogen-bond donors (Lipinski definition) is 0. The molecule has 0 aromatic heterocycles. The third-order valence-corrected chi connectivity index (χ3v) is 2.74. The van der Waals surface area contributed by atoms with E-state index >= 15 is 0 Å². The Balaban J connectivity index is -0.0000000326. The van der Waals surface area contributed by atoms with E-state index in [4.69, 9.17) is 26.0 Å². The molecule has 0 bridgehead atoms. The van der Waals surface area contributed by atoms with Crippen molar-refractivity contribution >= 4 is 24.0 Å². The van der Waals surface area contributed by atoms with Gasteiger partial charge in [0.15, 0.2) is 0 Å². The molecule has 68 valence electrons. The quantitative estimate of drug-likeness (QED) is 0.466. The summed E-state index contributed by atoms with van der Waals surface area (Å²) in [5.41, 5.74) is 0. The normalized spacial score (nSPS) is 6.60. The summed E-state index contributed by atoms with van der Waals surface area (Å²) in [6.45, 7) is 8.37. The van der Waals surface area contributed by atoms with Crippen molar-refractivity contribution in [2.75, 3.05) is 0 Å². The first-order valence-corrected chi connectivity index (χ1v) is 7.44. The third kappa shape index (κ3) is 68.0. The van der Waals surface area contributed by atoms with Crippen LogP contribution in [0, 0.1) is 21.4 Å². The van der Waals surface area contributed by atoms with Crippen LogP contribution in [-0.4, -0.2) is 4.61 Å². The van der Waals surface area contributed by atoms with Crippen LogP contribution in [0.1, 0.15) is 13.8 Å². The molecule has 0 aromatic rings. The van der Waals surface area contributed by atoms with E-state index in [1.54, 1.807) is 6.92 Å². The van der Waals surface area contributed by atoms with Gasteiger partial charge in [0.1, 0.15) is 0 Å². The van der Waals surface area contributed by atoms with Crippen molar-refractivity contribution in [2.45, 2.75) is 13.8 Å². The summed E-state index contributed by atoms with van der Waals surface area (Å²) >= 11 is -1.36. The molecule has 0 saturated carbocycles. The number of allylic oxidation sites excluding steroid dienone is 1. The maximum absolute atomic E-state index is 5.32. The molecule has 0 saturated heterocycles. The molecule has 0 aliphatic carbocycles. The maximum Gasteiger partial charge on any atom is -0.0794 e. The summed E-state index contributed by atoms with van der Waals surface area (Å²) in [4.78, 5) is 0. The van der Waals surface area contributed by atoms with Gasteiger partial charge in [-0.25, -0.2) is 0 Å². The van der Waals surface area contributed by atoms with Crippen molar-refractivity contribution in [1.82, 2.24) is 0 Å². The zero-order valence-electron chi connectivity index (χ0n) is 6.84. The van der Waals surface area contributed by atoms with E-state index in [-0.39, 0.29) is 14.9 Å². The summed E-state index contributed by atoms with van der Waals surface area (Å²) in [5.74, 6) is 0. The zero-order valence-corrected chi connectivity index (χ0v) is 10.1. The van der Waals surface area contributed by atoms with E-state index in [2.05, 4.69) is 0 Å². The van der Waals surface area contributed by atoms with Gasteiger partial charge in [-0.3, -0.25) is 6.08 Å². The fourth-order valence-corrected chi connectivity index (χ4v) is 0. The minimum atomic E-state index is -1.36. The van der Waals surface area contributed by atoms with Gasteiger partial charge in [0, 0.05) is 0 Å². The average molecular weight is 271 g/mol. The summed E-state index contributed by atoms with van der Waals surface area (Å²) in [6, 6.07) is 0. The van der Waals surface area contributed by atoms with Crippen molar-refractivity contribution in [3.63, 3.8) is 0 Å². The standard InChI is InChI=1S/C3H5.C2H4.2CH3.2ClH.Ru/c1-3-2;1-2;;;;;/h1,3H,2H3;1H,2H3;2*1H3;2*1H;/q-1;;2*-1;;;+2/p-2. The maximum atomic E-state index is 5.32. The van der Waals surface area contributed by atoms with Crippen LogP contribution in [0.5, 0.6) is 0 Å². The van der Waals surface area contributed by atoms with Gasteiger partial charge in [-0.1, -0.05) is 6.92 Å². The van der Waals surface area contributed by atoms with E-state index in [1.165, 1.54) is 6.08 Å². The first-order chi connectivity index (χ1) is 3.68. The summed E-state index contributed by atoms with van der Waals surface area (Å²) in [7, 11) is 10.6. The van der Waals surface area contributed by atoms with Crippen LogP contribution in [0.25, 0.3) is 0 Å². The Hall–Kier alpha value is 0.813. The third-order valence-electron chi connectivity index (χ3n) is 0.154. The molecule has 0 fully saturated rings. The summed E-state index contributed by atoms with van der Waals surface area (Å²) in [5, 5.41) is 0. The minimum absolute atomic E-state index is 0. The van der Waals surface area contributed by atoms with Crippen LogP contribution in [0.4, 0.5) is 0 Å². The van der Waals surface area contributed by atoms with Gasteiger partial charge in [0.05, 0.1) is 0 Å². The largest absolute Gasteiger partial charge is 0.518 e. The first kappa shape index (κ1) is 22.4. The molecule has 0 aliphatic rings. The molecule has 0 aliphatic heterocycles. The van der Waals surface area contributed by atoms with Crippen LogP contribution in [0.3, 0.4) is 0 Å². The minimum Gasteiger partial charge on any atom is -0.518 e. The molecule has 0 aromatic carbocycles. The second-order valence-corrected chi connectivity index (χ2v) is 6.97. The summed E-state index contributed by atoms with van der Waals surface area (Å²) < 4.78 is 1.84. The molecule has 3 heteroatoms. The topological polar surface area (TPSA) is 0 Å². The summed E-state index contributed by atoms with van der Waals surface area (Å²) in [6.07, 6.45) is 1.50. The second-order valence-electron chi connectivity index (χ2n) is 0.742. The van der Waals surface area contributed by atoms with E-state index in [1.807, 2.05) is 11.5 Å². The monoisotopic (exact) mass is 271 g/mol. The Morgan fingerprint density at radius 2 is 1.30 bits per heavy atom. The number of rotatable bonds is 0. The Morgan fingerprint density at radius 3 is 1.30 bits per heavy atom. The molecule has 0 spiro atoms. The number of halogens is 2. The van der Waals surface area contributed by atoms with Gasteiger partial charge >= 0.3 is 44.4 Å². The molecule has 0 atom stereocenters. The van der Waals surface area contributed by atoms with Crippen LogP contribution in [0.2, 0.25) is 0 Å². The van der Waals surface area contributed by atoms with Gasteiger partial charge in [-0.15, -0.1) is 0 Å². The van der Waals surface area contributed by atoms with Gasteiger partial charge in [-0.05, 0) is 0 Å². The van der Waals surface area contributed by atoms with E-state index < -0.39 is 13.5 Å². The van der Waals surface area contributed by atoms with Crippen molar-refractivity contribution in [3.8, 4) is 0 Å². The van der Waals surface area contributed by atoms with Crippen molar-refractivity contribution in [1.29, 1.82) is 0 Å². The molecule has 0 radical (unpaired) electrons. The van der Waals surface area contributed by atoms with E-state index in [9.17, 15) is 0 Å². The second kappa shape index (κ2) is 22.6. The smallest absolute Gasteiger partial charge is 0.0794 e. The average Bonchev–Trinajstić information content (AvgIpc) is 1.69. The fraction of sp³-hybridized carbons (Fsp3) is 0.286. The van der Waals surface area contributed by atoms with Gasteiger partial charge in [0.25, 0.3) is 0 Å². The zero-order chi connectivity index (χ0) is 6.99. The molecule has 0 rings (SSSR count). The predicted molar refractivity (Wildman–Crippen MR) is 50.8 cm³/mol. The molecule has 10 heavy (non-hydrogen) atoms. The Morgan fingerprint density at radius 1 is 1.20 bits per heavy atom. The van der Waals surface area contributed by atoms with Crippen LogP contribution < -0.4 is 0 Å². The van der Waals surface area contributed by atoms with E-state index in [0.29, 0.717) is 0 Å². The molecule has 0 heterocycles. The number of hydrogen-bond acceptors (Lipinski definition) is 0. The van der Waals surface area contributed by atoms with Crippen LogP contribution in [0.15, 0.2) is 6.08 Å². The molecule has 0 unspecified atom stereocenters. The fourth-order valence-electron chi connectivity index (χ4n) is 0. The van der Waals surface area contributed by atoms with Crippen molar-refractivity contribution in [2.24, 2.45) is 0 Å². The Labute approximate surface area is 78.7 Å². The molecule has 0 N–H and O–H groups in total. The molecule has 0 amide bonds. The van der Waals surface area contributed by atoms with Crippen LogP contribution in [-0.2, 0) is 13.5 Å². The first-order valence-electron chi connectivity index (χ1n) is 1.96. The predicted octanol–water partition coefficient (Wildman–Crippen LogP) is 3.63. The molecular weight excluding hydrogens is 256 g/mol. The molecule has 0 nitrogen and oxygen atoms in total. The van der Waals surface area contributed by atoms with Gasteiger partial charge in [0.2, 0.25) is 0 Å². The van der Waals surface area contributed by atoms with Gasteiger partial charge in [-0.2, -0.15) is 0 Å². The Bertz CT molecular complexity index is 75.7. The molecular formula is C7H15Cl2Ru-3. The van der Waals surface area contributed by atoms with E-state index in [0.717, 1.165) is 0 Å². The van der Waals surface area contributed by atoms with Crippen molar-refractivity contribution < 1.29 is 13.5 Å². The van der Waals surface area contributed by atoms with Crippen LogP contribution >= 0.6 is 19.4 Å². The van der Waals surface area contributed by atoms with Gasteiger partial charge < -0.3 is 21.4 Å². The Kier molecular flexibility index (Phi) is 50.6.